The Kier molecular flexibility index (Phi) is 8.63. The molecule has 5 rings (SSSR count). The summed E-state index contributed by atoms with van der Waals surface area (Å²) in [6.45, 7) is 10.2. The zero-order valence-corrected chi connectivity index (χ0v) is 25.9. The van der Waals surface area contributed by atoms with E-state index < -0.39 is 34.4 Å². The SMILES string of the molecule is C=CC(=O)N1CCN(c2nc(=O)n(-c3c(SC)ccnc3C(C)C)c3nc(-c4c(N)c(F)cc(F)c4F)c(Cl)cc23)[C@@H](C)C1. The fourth-order valence-corrected chi connectivity index (χ4v) is 6.24. The third-order valence-corrected chi connectivity index (χ3v) is 8.60. The van der Waals surface area contributed by atoms with Gasteiger partial charge in [0.1, 0.15) is 11.6 Å². The maximum atomic E-state index is 15.2. The highest BCUT2D eigenvalue weighted by Crippen LogP contribution is 2.40. The Morgan fingerprint density at radius 1 is 1.20 bits per heavy atom. The summed E-state index contributed by atoms with van der Waals surface area (Å²) in [5, 5.41) is 0.144. The van der Waals surface area contributed by atoms with E-state index in [0.29, 0.717) is 47.4 Å². The van der Waals surface area contributed by atoms with Crippen molar-refractivity contribution < 1.29 is 18.0 Å². The van der Waals surface area contributed by atoms with Crippen LogP contribution in [0.3, 0.4) is 0 Å². The highest BCUT2D eigenvalue weighted by molar-refractivity contribution is 7.98. The number of carbonyl (C=O) groups excluding carboxylic acids is 1. The number of fused-ring (bicyclic) bond motifs is 1. The number of aromatic nitrogens is 4. The quantitative estimate of drug-likeness (QED) is 0.126. The lowest BCUT2D eigenvalue weighted by Crippen LogP contribution is -2.54. The fourth-order valence-electron chi connectivity index (χ4n) is 5.41. The maximum absolute atomic E-state index is 15.2. The number of halogens is 4. The van der Waals surface area contributed by atoms with Crippen molar-refractivity contribution in [3.63, 3.8) is 0 Å². The second-order valence-electron chi connectivity index (χ2n) is 10.6. The molecule has 4 aromatic rings. The molecular weight excluding hydrogens is 615 g/mol. The molecule has 1 amide bonds. The number of pyridine rings is 2. The highest BCUT2D eigenvalue weighted by Gasteiger charge is 2.31. The minimum Gasteiger partial charge on any atom is -0.396 e. The molecule has 0 aliphatic carbocycles. The molecule has 1 aliphatic heterocycles. The van der Waals surface area contributed by atoms with Gasteiger partial charge in [-0.15, -0.1) is 11.8 Å². The lowest BCUT2D eigenvalue weighted by atomic mass is 10.1. The van der Waals surface area contributed by atoms with Crippen LogP contribution < -0.4 is 16.3 Å². The van der Waals surface area contributed by atoms with Gasteiger partial charge in [0, 0.05) is 42.8 Å². The van der Waals surface area contributed by atoms with Gasteiger partial charge in [0.05, 0.1) is 38.7 Å². The van der Waals surface area contributed by atoms with E-state index in [1.807, 2.05) is 31.9 Å². The van der Waals surface area contributed by atoms with Crippen molar-refractivity contribution in [2.75, 3.05) is 36.5 Å². The van der Waals surface area contributed by atoms with Crippen LogP contribution in [-0.4, -0.2) is 62.3 Å². The average molecular weight is 644 g/mol. The van der Waals surface area contributed by atoms with Crippen molar-refractivity contribution in [3.8, 4) is 16.9 Å². The smallest absolute Gasteiger partial charge is 0.355 e. The maximum Gasteiger partial charge on any atom is 0.355 e. The van der Waals surface area contributed by atoms with Gasteiger partial charge in [-0.2, -0.15) is 4.98 Å². The molecule has 2 N–H and O–H groups in total. The number of carbonyl (C=O) groups is 1. The Hall–Kier alpha value is -4.10. The molecule has 1 aliphatic rings. The summed E-state index contributed by atoms with van der Waals surface area (Å²) in [5.74, 6) is -4.22. The van der Waals surface area contributed by atoms with Gasteiger partial charge in [-0.25, -0.2) is 27.5 Å². The first-order valence-corrected chi connectivity index (χ1v) is 15.3. The molecule has 0 spiro atoms. The molecule has 230 valence electrons. The molecule has 1 fully saturated rings. The van der Waals surface area contributed by atoms with Crippen molar-refractivity contribution in [1.29, 1.82) is 0 Å². The summed E-state index contributed by atoms with van der Waals surface area (Å²) >= 11 is 8.02. The van der Waals surface area contributed by atoms with Gasteiger partial charge in [0.15, 0.2) is 17.3 Å². The lowest BCUT2D eigenvalue weighted by Gasteiger charge is -2.40. The summed E-state index contributed by atoms with van der Waals surface area (Å²) in [6.07, 6.45) is 4.71. The zero-order chi connectivity index (χ0) is 32.0. The van der Waals surface area contributed by atoms with Crippen molar-refractivity contribution in [2.45, 2.75) is 37.6 Å². The Bertz CT molecular complexity index is 1860. The number of nitrogen functional groups attached to an aromatic ring is 1. The van der Waals surface area contributed by atoms with E-state index in [9.17, 15) is 18.4 Å². The number of piperazine rings is 1. The molecule has 1 saturated heterocycles. The van der Waals surface area contributed by atoms with Crippen molar-refractivity contribution >= 4 is 51.8 Å². The van der Waals surface area contributed by atoms with Crippen LogP contribution in [0.2, 0.25) is 5.02 Å². The van der Waals surface area contributed by atoms with E-state index in [4.69, 9.17) is 17.3 Å². The van der Waals surface area contributed by atoms with Gasteiger partial charge in [-0.05, 0) is 37.3 Å². The largest absolute Gasteiger partial charge is 0.396 e. The summed E-state index contributed by atoms with van der Waals surface area (Å²) in [7, 11) is 0. The van der Waals surface area contributed by atoms with Gasteiger partial charge >= 0.3 is 5.69 Å². The van der Waals surface area contributed by atoms with Crippen molar-refractivity contribution in [1.82, 2.24) is 24.4 Å². The van der Waals surface area contributed by atoms with Crippen LogP contribution >= 0.6 is 23.4 Å². The lowest BCUT2D eigenvalue weighted by molar-refractivity contribution is -0.126. The third kappa shape index (κ3) is 5.28. The second-order valence-corrected chi connectivity index (χ2v) is 11.9. The van der Waals surface area contributed by atoms with Crippen molar-refractivity contribution in [2.24, 2.45) is 0 Å². The Balaban J connectivity index is 1.88. The fraction of sp³-hybridized carbons (Fsp3) is 0.300. The monoisotopic (exact) mass is 643 g/mol. The summed E-state index contributed by atoms with van der Waals surface area (Å²) < 4.78 is 45.4. The minimum absolute atomic E-state index is 0.00451. The van der Waals surface area contributed by atoms with Crippen LogP contribution in [0.4, 0.5) is 24.7 Å². The van der Waals surface area contributed by atoms with Gasteiger partial charge in [-0.1, -0.05) is 32.0 Å². The molecule has 1 atom stereocenters. The number of nitrogens with zero attached hydrogens (tertiary/aromatic N) is 6. The molecule has 4 heterocycles. The van der Waals surface area contributed by atoms with E-state index in [0.717, 1.165) is 0 Å². The summed E-state index contributed by atoms with van der Waals surface area (Å²) in [6, 6.07) is 3.23. The van der Waals surface area contributed by atoms with E-state index in [1.165, 1.54) is 28.5 Å². The molecule has 44 heavy (non-hydrogen) atoms. The van der Waals surface area contributed by atoms with Crippen LogP contribution in [0, 0.1) is 17.5 Å². The van der Waals surface area contributed by atoms with E-state index in [1.54, 1.807) is 17.2 Å². The molecule has 3 aromatic heterocycles. The first-order chi connectivity index (χ1) is 20.9. The van der Waals surface area contributed by atoms with Gasteiger partial charge < -0.3 is 15.5 Å². The Labute approximate surface area is 260 Å². The first-order valence-electron chi connectivity index (χ1n) is 13.7. The van der Waals surface area contributed by atoms with Crippen LogP contribution in [-0.2, 0) is 4.79 Å². The predicted molar refractivity (Wildman–Crippen MR) is 167 cm³/mol. The van der Waals surface area contributed by atoms with Gasteiger partial charge in [-0.3, -0.25) is 9.78 Å². The molecule has 14 heteroatoms. The van der Waals surface area contributed by atoms with Gasteiger partial charge in [0.25, 0.3) is 0 Å². The highest BCUT2D eigenvalue weighted by atomic mass is 35.5. The van der Waals surface area contributed by atoms with E-state index in [2.05, 4.69) is 21.5 Å². The summed E-state index contributed by atoms with van der Waals surface area (Å²) in [5.41, 5.74) is 4.44. The topological polar surface area (TPSA) is 110 Å². The average Bonchev–Trinajstić information content (AvgIpc) is 2.99. The molecular formula is C30H29ClF3N7O2S. The predicted octanol–water partition coefficient (Wildman–Crippen LogP) is 5.56. The molecule has 0 unspecified atom stereocenters. The number of benzene rings is 1. The normalized spacial score (nSPS) is 15.3. The van der Waals surface area contributed by atoms with Crippen LogP contribution in [0.5, 0.6) is 0 Å². The zero-order valence-electron chi connectivity index (χ0n) is 24.4. The number of anilines is 2. The second kappa shape index (κ2) is 12.1. The van der Waals surface area contributed by atoms with Crippen LogP contribution in [0.25, 0.3) is 28.0 Å². The van der Waals surface area contributed by atoms with Crippen LogP contribution in [0.15, 0.2) is 46.7 Å². The summed E-state index contributed by atoms with van der Waals surface area (Å²) in [4.78, 5) is 44.1. The number of nitrogens with two attached hydrogens (primary N) is 1. The van der Waals surface area contributed by atoms with Crippen molar-refractivity contribution in [3.05, 3.63) is 75.7 Å². The Morgan fingerprint density at radius 3 is 2.57 bits per heavy atom. The standard InChI is InChI=1S/C30H29ClF3N7O2S/c1-6-21(42)39-9-10-40(15(4)13-39)28-16-11-17(31)26(22-23(34)18(32)12-19(33)24(22)35)37-29(16)41(30(43)38-28)27-20(44-5)7-8-36-25(27)14(2)3/h6-8,11-12,14-15H,1,9-10,13,35H2,2-5H3/t15-/m0/s1. The number of amides is 1. The van der Waals surface area contributed by atoms with Gasteiger partial charge in [0.2, 0.25) is 5.91 Å². The minimum atomic E-state index is -1.47. The molecule has 1 aromatic carbocycles. The number of hydrogen-bond donors (Lipinski definition) is 1. The molecule has 9 nitrogen and oxygen atoms in total. The molecule has 0 saturated carbocycles. The molecule has 0 radical (unpaired) electrons. The van der Waals surface area contributed by atoms with E-state index >= 15 is 4.39 Å². The van der Waals surface area contributed by atoms with Crippen LogP contribution in [0.1, 0.15) is 32.4 Å². The first kappa shape index (κ1) is 31.3. The van der Waals surface area contributed by atoms with E-state index in [-0.39, 0.29) is 40.0 Å². The third-order valence-electron chi connectivity index (χ3n) is 7.54. The number of thioether (sulfide) groups is 1. The molecule has 0 bridgehead atoms. The number of rotatable bonds is 6. The number of hydrogen-bond acceptors (Lipinski definition) is 8. The Morgan fingerprint density at radius 2 is 1.93 bits per heavy atom.